The van der Waals surface area contributed by atoms with E-state index in [0.717, 1.165) is 36.3 Å². The summed E-state index contributed by atoms with van der Waals surface area (Å²) in [5, 5.41) is 6.44. The number of hydrogen-bond acceptors (Lipinski definition) is 4. The molecule has 1 heterocycles. The maximum Gasteiger partial charge on any atom is 0.223 e. The highest BCUT2D eigenvalue weighted by Gasteiger charge is 2.17. The van der Waals surface area contributed by atoms with E-state index < -0.39 is 0 Å². The lowest BCUT2D eigenvalue weighted by Crippen LogP contribution is -2.38. The molecular weight excluding hydrogens is 344 g/mol. The Bertz CT molecular complexity index is 640. The molecule has 150 valence electrons. The van der Waals surface area contributed by atoms with E-state index >= 15 is 0 Å². The molecule has 1 aromatic carbocycles. The van der Waals surface area contributed by atoms with Crippen molar-refractivity contribution in [2.24, 2.45) is 4.99 Å². The van der Waals surface area contributed by atoms with Crippen LogP contribution in [0.1, 0.15) is 30.4 Å². The molecular formula is C20H32N4O3. The summed E-state index contributed by atoms with van der Waals surface area (Å²) in [5.74, 6) is 1.62. The van der Waals surface area contributed by atoms with Crippen LogP contribution in [0.15, 0.2) is 23.2 Å². The molecule has 1 fully saturated rings. The Balaban J connectivity index is 1.86. The van der Waals surface area contributed by atoms with Gasteiger partial charge in [0.1, 0.15) is 12.4 Å². The number of benzene rings is 1. The van der Waals surface area contributed by atoms with Gasteiger partial charge in [0.15, 0.2) is 5.96 Å². The molecule has 27 heavy (non-hydrogen) atoms. The van der Waals surface area contributed by atoms with Gasteiger partial charge in [-0.2, -0.15) is 0 Å². The molecule has 2 N–H and O–H groups in total. The van der Waals surface area contributed by atoms with Crippen LogP contribution in [0.2, 0.25) is 0 Å². The van der Waals surface area contributed by atoms with E-state index in [0.29, 0.717) is 32.1 Å². The van der Waals surface area contributed by atoms with Crippen molar-refractivity contribution in [1.82, 2.24) is 15.5 Å². The van der Waals surface area contributed by atoms with Gasteiger partial charge in [0.25, 0.3) is 0 Å². The molecule has 0 aliphatic carbocycles. The molecule has 0 aromatic heterocycles. The Morgan fingerprint density at radius 2 is 2.19 bits per heavy atom. The third kappa shape index (κ3) is 7.09. The van der Waals surface area contributed by atoms with Gasteiger partial charge in [-0.1, -0.05) is 12.1 Å². The summed E-state index contributed by atoms with van der Waals surface area (Å²) in [7, 11) is 5.23. The van der Waals surface area contributed by atoms with E-state index in [4.69, 9.17) is 9.47 Å². The van der Waals surface area contributed by atoms with E-state index in [1.165, 1.54) is 0 Å². The summed E-state index contributed by atoms with van der Waals surface area (Å²) in [6, 6.07) is 6.19. The smallest absolute Gasteiger partial charge is 0.223 e. The fourth-order valence-corrected chi connectivity index (χ4v) is 2.81. The van der Waals surface area contributed by atoms with Gasteiger partial charge in [-0.25, -0.2) is 0 Å². The minimum Gasteiger partial charge on any atom is -0.491 e. The maximum absolute atomic E-state index is 11.6. The summed E-state index contributed by atoms with van der Waals surface area (Å²) < 4.78 is 11.7. The second kappa shape index (κ2) is 10.8. The lowest BCUT2D eigenvalue weighted by molar-refractivity contribution is -0.128. The van der Waals surface area contributed by atoms with Crippen LogP contribution in [0, 0.1) is 6.92 Å². The lowest BCUT2D eigenvalue weighted by atomic mass is 10.1. The van der Waals surface area contributed by atoms with Gasteiger partial charge in [-0.05, 0) is 31.4 Å². The summed E-state index contributed by atoms with van der Waals surface area (Å²) in [6.07, 6.45) is 2.78. The van der Waals surface area contributed by atoms with Gasteiger partial charge in [-0.3, -0.25) is 9.79 Å². The molecule has 0 saturated carbocycles. The Morgan fingerprint density at radius 3 is 2.85 bits per heavy atom. The Hall–Kier alpha value is -2.28. The summed E-state index contributed by atoms with van der Waals surface area (Å²) >= 11 is 0. The highest BCUT2D eigenvalue weighted by Crippen LogP contribution is 2.22. The van der Waals surface area contributed by atoms with Crippen molar-refractivity contribution < 1.29 is 14.3 Å². The van der Waals surface area contributed by atoms with Crippen LogP contribution in [0.4, 0.5) is 0 Å². The minimum atomic E-state index is 0.0845. The number of carbonyl (C=O) groups excluding carboxylic acids is 1. The van der Waals surface area contributed by atoms with E-state index in [2.05, 4.69) is 40.7 Å². The second-order valence-corrected chi connectivity index (χ2v) is 6.95. The Kier molecular flexibility index (Phi) is 8.39. The van der Waals surface area contributed by atoms with Crippen LogP contribution in [-0.4, -0.2) is 63.8 Å². The fraction of sp³-hybridized carbons (Fsp3) is 0.600. The van der Waals surface area contributed by atoms with Crippen LogP contribution >= 0.6 is 0 Å². The van der Waals surface area contributed by atoms with Crippen molar-refractivity contribution in [2.45, 2.75) is 38.8 Å². The highest BCUT2D eigenvalue weighted by molar-refractivity contribution is 5.81. The van der Waals surface area contributed by atoms with E-state index in [-0.39, 0.29) is 12.0 Å². The molecule has 1 unspecified atom stereocenters. The maximum atomic E-state index is 11.6. The number of rotatable bonds is 8. The van der Waals surface area contributed by atoms with Crippen molar-refractivity contribution in [3.63, 3.8) is 0 Å². The molecule has 7 heteroatoms. The SMILES string of the molecule is CN=C(NCCC(=O)N(C)C)NCc1ccc(C)cc1OCC1CCCO1. The number of carbonyl (C=O) groups is 1. The predicted molar refractivity (Wildman–Crippen MR) is 107 cm³/mol. The average Bonchev–Trinajstić information content (AvgIpc) is 3.17. The predicted octanol–water partition coefficient (Wildman–Crippen LogP) is 1.70. The van der Waals surface area contributed by atoms with Gasteiger partial charge < -0.3 is 25.0 Å². The fourth-order valence-electron chi connectivity index (χ4n) is 2.81. The van der Waals surface area contributed by atoms with Crippen molar-refractivity contribution in [3.05, 3.63) is 29.3 Å². The van der Waals surface area contributed by atoms with Gasteiger partial charge >= 0.3 is 0 Å². The zero-order chi connectivity index (χ0) is 19.6. The monoisotopic (exact) mass is 376 g/mol. The molecule has 1 aliphatic rings. The molecule has 1 amide bonds. The quantitative estimate of drug-likeness (QED) is 0.534. The lowest BCUT2D eigenvalue weighted by Gasteiger charge is -2.17. The Labute approximate surface area is 162 Å². The number of amides is 1. The number of aryl methyl sites for hydroxylation is 1. The van der Waals surface area contributed by atoms with Crippen molar-refractivity contribution in [2.75, 3.05) is 40.9 Å². The normalized spacial score (nSPS) is 16.9. The molecule has 0 radical (unpaired) electrons. The largest absolute Gasteiger partial charge is 0.491 e. The number of hydrogen-bond donors (Lipinski definition) is 2. The zero-order valence-electron chi connectivity index (χ0n) is 16.9. The average molecular weight is 377 g/mol. The zero-order valence-corrected chi connectivity index (χ0v) is 16.9. The van der Waals surface area contributed by atoms with Gasteiger partial charge in [0.2, 0.25) is 5.91 Å². The van der Waals surface area contributed by atoms with Crippen molar-refractivity contribution in [1.29, 1.82) is 0 Å². The van der Waals surface area contributed by atoms with Crippen LogP contribution in [0.5, 0.6) is 5.75 Å². The van der Waals surface area contributed by atoms with E-state index in [1.54, 1.807) is 26.0 Å². The summed E-state index contributed by atoms with van der Waals surface area (Å²) in [4.78, 5) is 17.4. The van der Waals surface area contributed by atoms with Crippen molar-refractivity contribution >= 4 is 11.9 Å². The Morgan fingerprint density at radius 1 is 1.37 bits per heavy atom. The number of nitrogens with zero attached hydrogens (tertiary/aromatic N) is 2. The van der Waals surface area contributed by atoms with Gasteiger partial charge in [0.05, 0.1) is 6.10 Å². The number of guanidine groups is 1. The summed E-state index contributed by atoms with van der Waals surface area (Å²) in [6.45, 7) is 4.58. The van der Waals surface area contributed by atoms with E-state index in [1.807, 2.05) is 0 Å². The van der Waals surface area contributed by atoms with Crippen LogP contribution < -0.4 is 15.4 Å². The number of ether oxygens (including phenoxy) is 2. The van der Waals surface area contributed by atoms with E-state index in [9.17, 15) is 4.79 Å². The van der Waals surface area contributed by atoms with Gasteiger partial charge in [0, 0.05) is 52.8 Å². The first-order chi connectivity index (χ1) is 13.0. The molecule has 1 aliphatic heterocycles. The number of nitrogens with one attached hydrogen (secondary N) is 2. The molecule has 1 saturated heterocycles. The summed E-state index contributed by atoms with van der Waals surface area (Å²) in [5.41, 5.74) is 2.22. The van der Waals surface area contributed by atoms with Gasteiger partial charge in [-0.15, -0.1) is 0 Å². The molecule has 1 atom stereocenters. The van der Waals surface area contributed by atoms with Crippen molar-refractivity contribution in [3.8, 4) is 5.75 Å². The third-order valence-electron chi connectivity index (χ3n) is 4.47. The minimum absolute atomic E-state index is 0.0845. The third-order valence-corrected chi connectivity index (χ3v) is 4.47. The first-order valence-electron chi connectivity index (χ1n) is 9.48. The number of aliphatic imine (C=N–C) groups is 1. The van der Waals surface area contributed by atoms with Crippen LogP contribution in [-0.2, 0) is 16.1 Å². The molecule has 0 spiro atoms. The van der Waals surface area contributed by atoms with Crippen LogP contribution in [0.3, 0.4) is 0 Å². The first kappa shape index (κ1) is 21.0. The highest BCUT2D eigenvalue weighted by atomic mass is 16.5. The first-order valence-corrected chi connectivity index (χ1v) is 9.48. The molecule has 0 bridgehead atoms. The molecule has 7 nitrogen and oxygen atoms in total. The topological polar surface area (TPSA) is 75.2 Å². The molecule has 1 aromatic rings. The second-order valence-electron chi connectivity index (χ2n) is 6.95. The standard InChI is InChI=1S/C20H32N4O3/c1-15-7-8-16(18(12-15)27-14-17-6-5-11-26-17)13-23-20(21-2)22-10-9-19(25)24(3)4/h7-8,12,17H,5-6,9-11,13-14H2,1-4H3,(H2,21,22,23). The van der Waals surface area contributed by atoms with Crippen LogP contribution in [0.25, 0.3) is 0 Å². The molecule has 2 rings (SSSR count).